The van der Waals surface area contributed by atoms with Crippen molar-refractivity contribution in [3.8, 4) is 0 Å². The number of nitrogens with zero attached hydrogens (tertiary/aromatic N) is 3. The number of benzene rings is 4. The lowest BCUT2D eigenvalue weighted by Crippen LogP contribution is -2.50. The SMILES string of the molecule is CC(C)C1N(C)P2(=NC1(c1ccccc1)c1ccccc1)NC(c1ccccc1)(c1ccccc1)C(C(C)C)N2C. The van der Waals surface area contributed by atoms with Gasteiger partial charge in [-0.15, -0.1) is 0 Å². The standard InChI is InChI=1S/C36H43N4P/c1-27(2)33-35(29-19-11-7-12-20-29,30-21-13-8-14-22-30)37-41(39(33)5)38-36(31-23-15-9-16-24-31,32-25-17-10-18-26-32)34(28(3)4)40(41)6/h7-28,33-34,37H,1-6H3. The van der Waals surface area contributed by atoms with Gasteiger partial charge in [-0.25, -0.2) is 19.2 Å². The summed E-state index contributed by atoms with van der Waals surface area (Å²) in [4.78, 5) is 0. The largest absolute Gasteiger partial charge is 0.244 e. The zero-order valence-electron chi connectivity index (χ0n) is 25.1. The first-order valence-electron chi connectivity index (χ1n) is 14.9. The van der Waals surface area contributed by atoms with E-state index < -0.39 is 18.6 Å². The molecule has 0 radical (unpaired) electrons. The van der Waals surface area contributed by atoms with Crippen LogP contribution >= 0.6 is 7.51 Å². The van der Waals surface area contributed by atoms with Gasteiger partial charge in [0.15, 0.2) is 7.51 Å². The molecule has 0 aliphatic carbocycles. The molecular formula is C36H43N4P. The molecule has 1 N–H and O–H groups in total. The Morgan fingerprint density at radius 1 is 0.561 bits per heavy atom. The van der Waals surface area contributed by atoms with Crippen LogP contribution < -0.4 is 5.09 Å². The molecule has 3 unspecified atom stereocenters. The van der Waals surface area contributed by atoms with Crippen molar-refractivity contribution in [2.75, 3.05) is 14.1 Å². The first-order chi connectivity index (χ1) is 19.8. The Bertz CT molecular complexity index is 1440. The predicted octanol–water partition coefficient (Wildman–Crippen LogP) is 8.35. The van der Waals surface area contributed by atoms with Crippen molar-refractivity contribution in [2.45, 2.75) is 50.9 Å². The zero-order chi connectivity index (χ0) is 28.8. The Morgan fingerprint density at radius 3 is 1.27 bits per heavy atom. The molecule has 41 heavy (non-hydrogen) atoms. The van der Waals surface area contributed by atoms with E-state index in [2.05, 4.69) is 178 Å². The molecule has 2 aliphatic heterocycles. The fourth-order valence-corrected chi connectivity index (χ4v) is 12.2. The fourth-order valence-electron chi connectivity index (χ4n) is 7.92. The van der Waals surface area contributed by atoms with Crippen LogP contribution in [0.2, 0.25) is 0 Å². The molecule has 1 fully saturated rings. The quantitative estimate of drug-likeness (QED) is 0.240. The Hall–Kier alpha value is -3.01. The third-order valence-electron chi connectivity index (χ3n) is 9.33. The lowest BCUT2D eigenvalue weighted by Gasteiger charge is -2.40. The van der Waals surface area contributed by atoms with E-state index in [1.54, 1.807) is 0 Å². The molecule has 4 nitrogen and oxygen atoms in total. The second-order valence-electron chi connectivity index (χ2n) is 12.3. The van der Waals surface area contributed by atoms with Gasteiger partial charge in [0.1, 0.15) is 5.54 Å². The van der Waals surface area contributed by atoms with Crippen LogP contribution in [0, 0.1) is 11.8 Å². The summed E-state index contributed by atoms with van der Waals surface area (Å²) in [6, 6.07) is 44.4. The summed E-state index contributed by atoms with van der Waals surface area (Å²) in [6.07, 6.45) is 0. The number of nitrogens with one attached hydrogen (secondary N) is 1. The highest BCUT2D eigenvalue weighted by molar-refractivity contribution is 7.60. The molecule has 1 spiro atoms. The molecule has 0 amide bonds. The van der Waals surface area contributed by atoms with Crippen LogP contribution in [0.1, 0.15) is 49.9 Å². The minimum Gasteiger partial charge on any atom is -0.244 e. The van der Waals surface area contributed by atoms with Crippen LogP contribution in [0.25, 0.3) is 0 Å². The van der Waals surface area contributed by atoms with Crippen LogP contribution in [0.4, 0.5) is 0 Å². The van der Waals surface area contributed by atoms with E-state index in [0.717, 1.165) is 0 Å². The molecule has 2 heterocycles. The molecule has 1 saturated heterocycles. The topological polar surface area (TPSA) is 30.9 Å². The van der Waals surface area contributed by atoms with Crippen molar-refractivity contribution < 1.29 is 0 Å². The van der Waals surface area contributed by atoms with Crippen LogP contribution in [0.5, 0.6) is 0 Å². The number of hydrogen-bond donors (Lipinski definition) is 1. The van der Waals surface area contributed by atoms with Gasteiger partial charge in [0, 0.05) is 6.04 Å². The van der Waals surface area contributed by atoms with E-state index in [9.17, 15) is 0 Å². The zero-order valence-corrected chi connectivity index (χ0v) is 26.0. The van der Waals surface area contributed by atoms with Crippen molar-refractivity contribution in [2.24, 2.45) is 16.6 Å². The summed E-state index contributed by atoms with van der Waals surface area (Å²) in [5, 5.41) is 4.42. The second-order valence-corrected chi connectivity index (χ2v) is 15.2. The molecule has 2 aliphatic rings. The number of hydrogen-bond acceptors (Lipinski definition) is 4. The van der Waals surface area contributed by atoms with Crippen LogP contribution in [-0.4, -0.2) is 35.5 Å². The first-order valence-corrected chi connectivity index (χ1v) is 16.6. The van der Waals surface area contributed by atoms with Crippen LogP contribution in [0.15, 0.2) is 126 Å². The monoisotopic (exact) mass is 562 g/mol. The Morgan fingerprint density at radius 2 is 0.902 bits per heavy atom. The van der Waals surface area contributed by atoms with Gasteiger partial charge in [-0.1, -0.05) is 149 Å². The van der Waals surface area contributed by atoms with Gasteiger partial charge in [0.25, 0.3) is 0 Å². The van der Waals surface area contributed by atoms with E-state index >= 15 is 0 Å². The minimum absolute atomic E-state index is 0.158. The van der Waals surface area contributed by atoms with Gasteiger partial charge in [0.2, 0.25) is 0 Å². The van der Waals surface area contributed by atoms with Crippen molar-refractivity contribution >= 4 is 7.51 Å². The van der Waals surface area contributed by atoms with Crippen LogP contribution in [0.3, 0.4) is 0 Å². The third kappa shape index (κ3) is 4.11. The normalized spacial score (nSPS) is 25.7. The molecule has 212 valence electrons. The van der Waals surface area contributed by atoms with Crippen molar-refractivity contribution in [3.63, 3.8) is 0 Å². The Labute approximate surface area is 246 Å². The summed E-state index contributed by atoms with van der Waals surface area (Å²) >= 11 is 0. The molecule has 0 aromatic heterocycles. The molecule has 5 heteroatoms. The molecule has 0 bridgehead atoms. The van der Waals surface area contributed by atoms with E-state index in [4.69, 9.17) is 4.74 Å². The van der Waals surface area contributed by atoms with Gasteiger partial charge in [-0.3, -0.25) is 0 Å². The average molecular weight is 563 g/mol. The maximum atomic E-state index is 6.19. The lowest BCUT2D eigenvalue weighted by molar-refractivity contribution is 0.217. The summed E-state index contributed by atoms with van der Waals surface area (Å²) < 4.78 is 11.5. The summed E-state index contributed by atoms with van der Waals surface area (Å²) in [5.41, 5.74) is 4.13. The minimum atomic E-state index is -2.46. The third-order valence-corrected chi connectivity index (χ3v) is 12.8. The van der Waals surface area contributed by atoms with Gasteiger partial charge in [0.05, 0.1) is 11.6 Å². The summed E-state index contributed by atoms with van der Waals surface area (Å²) in [5.74, 6) is 0.733. The van der Waals surface area contributed by atoms with E-state index in [0.29, 0.717) is 11.8 Å². The highest BCUT2D eigenvalue weighted by Gasteiger charge is 2.65. The molecule has 4 aromatic rings. The molecule has 6 rings (SSSR count). The smallest absolute Gasteiger partial charge is 0.167 e. The average Bonchev–Trinajstić information content (AvgIpc) is 3.44. The molecule has 3 atom stereocenters. The fraction of sp³-hybridized carbons (Fsp3) is 0.333. The summed E-state index contributed by atoms with van der Waals surface area (Å²) in [6.45, 7) is 9.44. The Kier molecular flexibility index (Phi) is 7.32. The van der Waals surface area contributed by atoms with Gasteiger partial charge in [-0.05, 0) is 48.2 Å². The van der Waals surface area contributed by atoms with Gasteiger partial charge in [-0.2, -0.15) is 0 Å². The maximum absolute atomic E-state index is 6.19. The molecule has 0 saturated carbocycles. The number of rotatable bonds is 6. The van der Waals surface area contributed by atoms with Gasteiger partial charge < -0.3 is 0 Å². The van der Waals surface area contributed by atoms with Crippen LogP contribution in [-0.2, 0) is 11.1 Å². The molecule has 4 aromatic carbocycles. The number of likely N-dealkylation sites (N-methyl/N-ethyl adjacent to an activating group) is 2. The van der Waals surface area contributed by atoms with Crippen molar-refractivity contribution in [1.29, 1.82) is 0 Å². The second kappa shape index (κ2) is 10.7. The Balaban J connectivity index is 1.71. The maximum Gasteiger partial charge on any atom is 0.167 e. The van der Waals surface area contributed by atoms with Crippen molar-refractivity contribution in [1.82, 2.24) is 14.4 Å². The van der Waals surface area contributed by atoms with E-state index in [1.807, 2.05) is 0 Å². The molecular weight excluding hydrogens is 519 g/mol. The highest BCUT2D eigenvalue weighted by atomic mass is 31.2. The van der Waals surface area contributed by atoms with Crippen molar-refractivity contribution in [3.05, 3.63) is 144 Å². The first kappa shape index (κ1) is 28.1. The lowest BCUT2D eigenvalue weighted by atomic mass is 9.74. The van der Waals surface area contributed by atoms with Gasteiger partial charge >= 0.3 is 0 Å². The highest BCUT2D eigenvalue weighted by Crippen LogP contribution is 2.72. The van der Waals surface area contributed by atoms with E-state index in [-0.39, 0.29) is 12.1 Å². The predicted molar refractivity (Wildman–Crippen MR) is 173 cm³/mol. The summed E-state index contributed by atoms with van der Waals surface area (Å²) in [7, 11) is 2.18. The van der Waals surface area contributed by atoms with E-state index in [1.165, 1.54) is 22.3 Å².